The van der Waals surface area contributed by atoms with Gasteiger partial charge in [0.25, 0.3) is 5.91 Å². The molecule has 18 heavy (non-hydrogen) atoms. The highest BCUT2D eigenvalue weighted by Crippen LogP contribution is 2.15. The molecule has 0 spiro atoms. The molecule has 0 aromatic heterocycles. The maximum atomic E-state index is 11.9. The molecule has 1 aromatic carbocycles. The number of ether oxygens (including phenoxy) is 1. The average molecular weight is 251 g/mol. The minimum atomic E-state index is -1.11. The lowest BCUT2D eigenvalue weighted by Gasteiger charge is -2.24. The Kier molecular flexibility index (Phi) is 4.44. The van der Waals surface area contributed by atoms with Crippen molar-refractivity contribution < 1.29 is 19.4 Å². The third-order valence-corrected chi connectivity index (χ3v) is 2.71. The fourth-order valence-electron chi connectivity index (χ4n) is 1.33. The van der Waals surface area contributed by atoms with E-state index in [9.17, 15) is 9.59 Å². The van der Waals surface area contributed by atoms with Crippen molar-refractivity contribution in [1.29, 1.82) is 0 Å². The van der Waals surface area contributed by atoms with Crippen molar-refractivity contribution in [2.75, 3.05) is 7.11 Å². The van der Waals surface area contributed by atoms with Gasteiger partial charge in [-0.15, -0.1) is 0 Å². The molecule has 2 N–H and O–H groups in total. The zero-order valence-electron chi connectivity index (χ0n) is 10.6. The van der Waals surface area contributed by atoms with E-state index < -0.39 is 23.5 Å². The molecule has 0 radical (unpaired) electrons. The first-order valence-corrected chi connectivity index (χ1v) is 5.52. The summed E-state index contributed by atoms with van der Waals surface area (Å²) in [6, 6.07) is 7.45. The predicted octanol–water partition coefficient (Wildman–Crippen LogP) is 1.35. The van der Waals surface area contributed by atoms with Gasteiger partial charge in [0.1, 0.15) is 5.60 Å². The van der Waals surface area contributed by atoms with Crippen molar-refractivity contribution in [3.63, 3.8) is 0 Å². The van der Waals surface area contributed by atoms with Gasteiger partial charge in [0.2, 0.25) is 0 Å². The topological polar surface area (TPSA) is 75.6 Å². The quantitative estimate of drug-likeness (QED) is 0.828. The van der Waals surface area contributed by atoms with E-state index in [0.29, 0.717) is 5.56 Å². The van der Waals surface area contributed by atoms with Crippen LogP contribution in [0.3, 0.4) is 0 Å². The number of methoxy groups -OCH3 is 1. The van der Waals surface area contributed by atoms with Crippen LogP contribution in [-0.2, 0) is 14.3 Å². The highest BCUT2D eigenvalue weighted by atomic mass is 16.5. The molecule has 5 heteroatoms. The summed E-state index contributed by atoms with van der Waals surface area (Å²) in [5, 5.41) is 11.6. The largest absolute Gasteiger partial charge is 0.479 e. The van der Waals surface area contributed by atoms with E-state index in [2.05, 4.69) is 5.32 Å². The normalized spacial score (nSPS) is 12.8. The Bertz CT molecular complexity index is 428. The standard InChI is InChI=1S/C13H17NO4/c1-13(2,18-3)12(17)14-10(11(15)16)9-7-5-4-6-8-9/h4-8,10H,1-3H3,(H,14,17)(H,15,16). The molecule has 1 aromatic rings. The Labute approximate surface area is 106 Å². The number of rotatable bonds is 5. The van der Waals surface area contributed by atoms with Gasteiger partial charge in [-0.25, -0.2) is 4.79 Å². The van der Waals surface area contributed by atoms with Crippen LogP contribution < -0.4 is 5.32 Å². The smallest absolute Gasteiger partial charge is 0.330 e. The molecule has 1 rings (SSSR count). The second-order valence-corrected chi connectivity index (χ2v) is 4.37. The van der Waals surface area contributed by atoms with Gasteiger partial charge in [-0.3, -0.25) is 4.79 Å². The van der Waals surface area contributed by atoms with Crippen molar-refractivity contribution in [1.82, 2.24) is 5.32 Å². The Morgan fingerprint density at radius 1 is 1.28 bits per heavy atom. The Morgan fingerprint density at radius 3 is 2.28 bits per heavy atom. The second kappa shape index (κ2) is 5.64. The third-order valence-electron chi connectivity index (χ3n) is 2.71. The van der Waals surface area contributed by atoms with Gasteiger partial charge in [0, 0.05) is 7.11 Å². The second-order valence-electron chi connectivity index (χ2n) is 4.37. The van der Waals surface area contributed by atoms with Crippen molar-refractivity contribution in [3.05, 3.63) is 35.9 Å². The summed E-state index contributed by atoms with van der Waals surface area (Å²) in [6.45, 7) is 3.15. The maximum absolute atomic E-state index is 11.9. The van der Waals surface area contributed by atoms with Crippen LogP contribution in [0.2, 0.25) is 0 Å². The van der Waals surface area contributed by atoms with Crippen molar-refractivity contribution in [2.24, 2.45) is 0 Å². The lowest BCUT2D eigenvalue weighted by Crippen LogP contribution is -2.46. The van der Waals surface area contributed by atoms with Crippen LogP contribution >= 0.6 is 0 Å². The average Bonchev–Trinajstić information content (AvgIpc) is 2.36. The number of carboxylic acids is 1. The summed E-state index contributed by atoms with van der Waals surface area (Å²) in [5.74, 6) is -1.58. The van der Waals surface area contributed by atoms with Crippen LogP contribution in [0.5, 0.6) is 0 Å². The monoisotopic (exact) mass is 251 g/mol. The molecule has 0 bridgehead atoms. The number of nitrogens with one attached hydrogen (secondary N) is 1. The van der Waals surface area contributed by atoms with Crippen LogP contribution in [0.4, 0.5) is 0 Å². The lowest BCUT2D eigenvalue weighted by molar-refractivity contribution is -0.147. The summed E-state index contributed by atoms with van der Waals surface area (Å²) >= 11 is 0. The number of carbonyl (C=O) groups excluding carboxylic acids is 1. The minimum absolute atomic E-state index is 0.471. The molecule has 0 aliphatic heterocycles. The molecule has 1 amide bonds. The Hall–Kier alpha value is -1.88. The molecule has 0 aliphatic rings. The lowest BCUT2D eigenvalue weighted by atomic mass is 10.0. The van der Waals surface area contributed by atoms with Crippen LogP contribution in [0.1, 0.15) is 25.5 Å². The van der Waals surface area contributed by atoms with E-state index in [1.54, 1.807) is 44.2 Å². The number of amides is 1. The Morgan fingerprint density at radius 2 is 1.83 bits per heavy atom. The van der Waals surface area contributed by atoms with Gasteiger partial charge in [0.15, 0.2) is 6.04 Å². The van der Waals surface area contributed by atoms with E-state index >= 15 is 0 Å². The van der Waals surface area contributed by atoms with Crippen LogP contribution in [0, 0.1) is 0 Å². The summed E-state index contributed by atoms with van der Waals surface area (Å²) in [6.07, 6.45) is 0. The molecule has 0 aliphatic carbocycles. The summed E-state index contributed by atoms with van der Waals surface area (Å²) in [7, 11) is 1.40. The highest BCUT2D eigenvalue weighted by Gasteiger charge is 2.31. The van der Waals surface area contributed by atoms with E-state index in [1.165, 1.54) is 7.11 Å². The predicted molar refractivity (Wildman–Crippen MR) is 66.0 cm³/mol. The zero-order valence-corrected chi connectivity index (χ0v) is 10.6. The third kappa shape index (κ3) is 3.30. The van der Waals surface area contributed by atoms with Gasteiger partial charge in [0.05, 0.1) is 0 Å². The van der Waals surface area contributed by atoms with E-state index in [1.807, 2.05) is 0 Å². The number of hydrogen-bond acceptors (Lipinski definition) is 3. The van der Waals surface area contributed by atoms with Crippen molar-refractivity contribution in [2.45, 2.75) is 25.5 Å². The number of hydrogen-bond donors (Lipinski definition) is 2. The van der Waals surface area contributed by atoms with Crippen molar-refractivity contribution in [3.8, 4) is 0 Å². The van der Waals surface area contributed by atoms with Crippen LogP contribution in [-0.4, -0.2) is 29.7 Å². The molecule has 1 atom stereocenters. The molecule has 0 saturated carbocycles. The van der Waals surface area contributed by atoms with E-state index in [-0.39, 0.29) is 0 Å². The minimum Gasteiger partial charge on any atom is -0.479 e. The Balaban J connectivity index is 2.90. The zero-order chi connectivity index (χ0) is 13.8. The SMILES string of the molecule is COC(C)(C)C(=O)NC(C(=O)O)c1ccccc1. The number of carboxylic acid groups (broad SMARTS) is 1. The molecule has 1 unspecified atom stereocenters. The van der Waals surface area contributed by atoms with Crippen LogP contribution in [0.15, 0.2) is 30.3 Å². The fourth-order valence-corrected chi connectivity index (χ4v) is 1.33. The first-order valence-electron chi connectivity index (χ1n) is 5.52. The maximum Gasteiger partial charge on any atom is 0.330 e. The van der Waals surface area contributed by atoms with E-state index in [4.69, 9.17) is 9.84 Å². The molecule has 0 heterocycles. The van der Waals surface area contributed by atoms with E-state index in [0.717, 1.165) is 0 Å². The molecule has 5 nitrogen and oxygen atoms in total. The summed E-state index contributed by atoms with van der Waals surface area (Å²) < 4.78 is 5.01. The number of benzene rings is 1. The van der Waals surface area contributed by atoms with Crippen LogP contribution in [0.25, 0.3) is 0 Å². The van der Waals surface area contributed by atoms with Gasteiger partial charge in [-0.1, -0.05) is 30.3 Å². The van der Waals surface area contributed by atoms with Crippen molar-refractivity contribution >= 4 is 11.9 Å². The number of aliphatic carboxylic acids is 1. The van der Waals surface area contributed by atoms with Gasteiger partial charge >= 0.3 is 5.97 Å². The molecule has 0 saturated heterocycles. The first kappa shape index (κ1) is 14.2. The van der Waals surface area contributed by atoms with Gasteiger partial charge in [-0.2, -0.15) is 0 Å². The fraction of sp³-hybridized carbons (Fsp3) is 0.385. The molecular formula is C13H17NO4. The molecule has 0 fully saturated rings. The first-order chi connectivity index (χ1) is 8.38. The molecular weight excluding hydrogens is 234 g/mol. The summed E-state index contributed by atoms with van der Waals surface area (Å²) in [4.78, 5) is 23.1. The summed E-state index contributed by atoms with van der Waals surface area (Å²) in [5.41, 5.74) is -0.548. The number of carbonyl (C=O) groups is 2. The van der Waals surface area contributed by atoms with Gasteiger partial charge in [-0.05, 0) is 19.4 Å². The van der Waals surface area contributed by atoms with Gasteiger partial charge < -0.3 is 15.2 Å². The molecule has 98 valence electrons. The highest BCUT2D eigenvalue weighted by molar-refractivity contribution is 5.89.